The van der Waals surface area contributed by atoms with Gasteiger partial charge in [0.1, 0.15) is 5.76 Å². The molecule has 23 heavy (non-hydrogen) atoms. The smallest absolute Gasteiger partial charge is 0.240 e. The van der Waals surface area contributed by atoms with Crippen LogP contribution >= 0.6 is 0 Å². The van der Waals surface area contributed by atoms with Gasteiger partial charge in [-0.05, 0) is 36.9 Å². The number of benzene rings is 1. The third-order valence-electron chi connectivity index (χ3n) is 3.17. The number of guanidine groups is 1. The summed E-state index contributed by atoms with van der Waals surface area (Å²) in [7, 11) is -0.385. The normalized spacial score (nSPS) is 12.2. The van der Waals surface area contributed by atoms with Crippen LogP contribution in [0.25, 0.3) is 0 Å². The number of nitrogens with zero attached hydrogens (tertiary/aromatic N) is 1. The monoisotopic (exact) mass is 336 g/mol. The summed E-state index contributed by atoms with van der Waals surface area (Å²) in [4.78, 5) is 4.35. The lowest BCUT2D eigenvalue weighted by Crippen LogP contribution is -2.36. The molecular formula is C15H20N4O3S. The highest BCUT2D eigenvalue weighted by molar-refractivity contribution is 7.89. The average molecular weight is 336 g/mol. The van der Waals surface area contributed by atoms with Crippen LogP contribution in [-0.2, 0) is 23.1 Å². The van der Waals surface area contributed by atoms with Gasteiger partial charge in [-0.3, -0.25) is 4.99 Å². The summed E-state index contributed by atoms with van der Waals surface area (Å²) in [5, 5.41) is 6.24. The summed E-state index contributed by atoms with van der Waals surface area (Å²) in [6.07, 6.45) is 1.61. The van der Waals surface area contributed by atoms with Gasteiger partial charge in [0, 0.05) is 13.6 Å². The highest BCUT2D eigenvalue weighted by atomic mass is 32.2. The van der Waals surface area contributed by atoms with Gasteiger partial charge in [-0.2, -0.15) is 0 Å². The molecule has 7 nitrogen and oxygen atoms in total. The predicted octanol–water partition coefficient (Wildman–Crippen LogP) is 1.05. The first-order valence-electron chi connectivity index (χ1n) is 7.04. The van der Waals surface area contributed by atoms with Gasteiger partial charge >= 0.3 is 0 Å². The third kappa shape index (κ3) is 4.83. The van der Waals surface area contributed by atoms with Gasteiger partial charge in [0.2, 0.25) is 10.0 Å². The number of hydrogen-bond donors (Lipinski definition) is 3. The van der Waals surface area contributed by atoms with Crippen LogP contribution in [0.4, 0.5) is 0 Å². The van der Waals surface area contributed by atoms with E-state index in [9.17, 15) is 8.42 Å². The van der Waals surface area contributed by atoms with E-state index in [4.69, 9.17) is 4.42 Å². The van der Waals surface area contributed by atoms with Crippen molar-refractivity contribution in [1.29, 1.82) is 0 Å². The summed E-state index contributed by atoms with van der Waals surface area (Å²) in [6.45, 7) is 0.964. The third-order valence-corrected chi connectivity index (χ3v) is 4.58. The maximum absolute atomic E-state index is 11.8. The van der Waals surface area contributed by atoms with Crippen LogP contribution in [0.1, 0.15) is 11.3 Å². The van der Waals surface area contributed by atoms with Crippen LogP contribution in [0.15, 0.2) is 57.0 Å². The Morgan fingerprint density at radius 3 is 2.61 bits per heavy atom. The molecule has 0 radical (unpaired) electrons. The number of rotatable bonds is 6. The molecule has 1 aromatic heterocycles. The molecular weight excluding hydrogens is 316 g/mol. The standard InChI is InChI=1S/C15H20N4O3S/c1-16-15(19-11-13-6-4-8-22-13)18-10-12-5-3-7-14(9-12)23(20,21)17-2/h3-9,17H,10-11H2,1-2H3,(H2,16,18,19). The Hall–Kier alpha value is -2.32. The fourth-order valence-corrected chi connectivity index (χ4v) is 2.73. The molecule has 0 spiro atoms. The molecule has 0 aliphatic heterocycles. The SMILES string of the molecule is CN=C(NCc1cccc(S(=O)(=O)NC)c1)NCc1ccco1. The summed E-state index contributed by atoms with van der Waals surface area (Å²) in [5.74, 6) is 1.40. The molecule has 2 aromatic rings. The van der Waals surface area contributed by atoms with Crippen molar-refractivity contribution in [1.82, 2.24) is 15.4 Å². The first-order chi connectivity index (χ1) is 11.0. The highest BCUT2D eigenvalue weighted by Crippen LogP contribution is 2.10. The Bertz CT molecular complexity index is 755. The average Bonchev–Trinajstić information content (AvgIpc) is 3.09. The van der Waals surface area contributed by atoms with Crippen molar-refractivity contribution in [2.45, 2.75) is 18.0 Å². The van der Waals surface area contributed by atoms with E-state index >= 15 is 0 Å². The molecule has 0 saturated carbocycles. The molecule has 2 rings (SSSR count). The molecule has 0 bridgehead atoms. The Labute approximate surface area is 135 Å². The van der Waals surface area contributed by atoms with E-state index < -0.39 is 10.0 Å². The van der Waals surface area contributed by atoms with Crippen LogP contribution in [0.2, 0.25) is 0 Å². The molecule has 8 heteroatoms. The maximum atomic E-state index is 11.8. The molecule has 1 heterocycles. The predicted molar refractivity (Wildman–Crippen MR) is 88.4 cm³/mol. The van der Waals surface area contributed by atoms with E-state index in [1.807, 2.05) is 18.2 Å². The van der Waals surface area contributed by atoms with Crippen molar-refractivity contribution in [2.75, 3.05) is 14.1 Å². The van der Waals surface area contributed by atoms with E-state index in [-0.39, 0.29) is 4.90 Å². The number of sulfonamides is 1. The zero-order valence-electron chi connectivity index (χ0n) is 13.0. The first kappa shape index (κ1) is 17.0. The van der Waals surface area contributed by atoms with Crippen LogP contribution in [0.5, 0.6) is 0 Å². The minimum Gasteiger partial charge on any atom is -0.467 e. The molecule has 0 saturated heterocycles. The van der Waals surface area contributed by atoms with E-state index in [1.54, 1.807) is 31.5 Å². The van der Waals surface area contributed by atoms with Crippen LogP contribution < -0.4 is 15.4 Å². The van der Waals surface area contributed by atoms with E-state index in [0.29, 0.717) is 19.0 Å². The topological polar surface area (TPSA) is 95.7 Å². The van der Waals surface area contributed by atoms with Gasteiger partial charge in [0.05, 0.1) is 17.7 Å². The van der Waals surface area contributed by atoms with Crippen molar-refractivity contribution in [3.63, 3.8) is 0 Å². The quantitative estimate of drug-likeness (QED) is 0.541. The van der Waals surface area contributed by atoms with E-state index in [2.05, 4.69) is 20.3 Å². The second-order valence-electron chi connectivity index (χ2n) is 4.71. The van der Waals surface area contributed by atoms with E-state index in [1.165, 1.54) is 7.05 Å². The van der Waals surface area contributed by atoms with Crippen LogP contribution in [0, 0.1) is 0 Å². The zero-order valence-corrected chi connectivity index (χ0v) is 13.9. The summed E-state index contributed by atoms with van der Waals surface area (Å²) >= 11 is 0. The second kappa shape index (κ2) is 7.80. The lowest BCUT2D eigenvalue weighted by atomic mass is 10.2. The molecule has 0 amide bonds. The molecule has 0 aliphatic rings. The van der Waals surface area contributed by atoms with Crippen molar-refractivity contribution in [3.8, 4) is 0 Å². The second-order valence-corrected chi connectivity index (χ2v) is 6.60. The number of aliphatic imine (C=N–C) groups is 1. The molecule has 0 unspecified atom stereocenters. The van der Waals surface area contributed by atoms with Crippen LogP contribution in [-0.4, -0.2) is 28.5 Å². The van der Waals surface area contributed by atoms with Crippen LogP contribution in [0.3, 0.4) is 0 Å². The molecule has 0 aliphatic carbocycles. The molecule has 0 atom stereocenters. The van der Waals surface area contributed by atoms with Crippen molar-refractivity contribution in [2.24, 2.45) is 4.99 Å². The number of hydrogen-bond acceptors (Lipinski definition) is 4. The lowest BCUT2D eigenvalue weighted by Gasteiger charge is -2.11. The van der Waals surface area contributed by atoms with Gasteiger partial charge in [0.15, 0.2) is 5.96 Å². The van der Waals surface area contributed by atoms with E-state index in [0.717, 1.165) is 11.3 Å². The molecule has 124 valence electrons. The van der Waals surface area contributed by atoms with Crippen molar-refractivity contribution in [3.05, 3.63) is 54.0 Å². The van der Waals surface area contributed by atoms with Crippen molar-refractivity contribution < 1.29 is 12.8 Å². The Kier molecular flexibility index (Phi) is 5.78. The largest absolute Gasteiger partial charge is 0.467 e. The minimum absolute atomic E-state index is 0.234. The van der Waals surface area contributed by atoms with Gasteiger partial charge in [0.25, 0.3) is 0 Å². The highest BCUT2D eigenvalue weighted by Gasteiger charge is 2.11. The Morgan fingerprint density at radius 1 is 1.17 bits per heavy atom. The Balaban J connectivity index is 1.95. The summed E-state index contributed by atoms with van der Waals surface area (Å²) in [6, 6.07) is 10.4. The molecule has 0 fully saturated rings. The summed E-state index contributed by atoms with van der Waals surface area (Å²) in [5.41, 5.74) is 0.835. The number of nitrogens with one attached hydrogen (secondary N) is 3. The van der Waals surface area contributed by atoms with Gasteiger partial charge < -0.3 is 15.1 Å². The van der Waals surface area contributed by atoms with Gasteiger partial charge in [-0.25, -0.2) is 13.1 Å². The lowest BCUT2D eigenvalue weighted by molar-refractivity contribution is 0.501. The Morgan fingerprint density at radius 2 is 1.96 bits per heavy atom. The molecule has 1 aromatic carbocycles. The maximum Gasteiger partial charge on any atom is 0.240 e. The van der Waals surface area contributed by atoms with Gasteiger partial charge in [-0.1, -0.05) is 12.1 Å². The first-order valence-corrected chi connectivity index (χ1v) is 8.53. The fourth-order valence-electron chi connectivity index (χ4n) is 1.93. The van der Waals surface area contributed by atoms with Gasteiger partial charge in [-0.15, -0.1) is 0 Å². The minimum atomic E-state index is -3.44. The summed E-state index contributed by atoms with van der Waals surface area (Å²) < 4.78 is 31.1. The zero-order chi connectivity index (χ0) is 16.7. The molecule has 3 N–H and O–H groups in total. The fraction of sp³-hybridized carbons (Fsp3) is 0.267. The number of furan rings is 1. The van der Waals surface area contributed by atoms with Crippen molar-refractivity contribution >= 4 is 16.0 Å².